The van der Waals surface area contributed by atoms with Gasteiger partial charge in [-0.05, 0) is 12.8 Å². The lowest BCUT2D eigenvalue weighted by atomic mass is 10.2. The zero-order valence-electron chi connectivity index (χ0n) is 9.65. The van der Waals surface area contributed by atoms with Crippen molar-refractivity contribution in [3.63, 3.8) is 0 Å². The van der Waals surface area contributed by atoms with Crippen LogP contribution in [-0.4, -0.2) is 40.6 Å². The largest absolute Gasteiger partial charge is 0.379 e. The van der Waals surface area contributed by atoms with E-state index >= 15 is 0 Å². The smallest absolute Gasteiger partial charge is 0.154 e. The molecule has 0 bridgehead atoms. The molecule has 3 rings (SSSR count). The minimum Gasteiger partial charge on any atom is -0.379 e. The second kappa shape index (κ2) is 4.14. The molecular formula is C11H18N4O. The van der Waals surface area contributed by atoms with Gasteiger partial charge in [0.2, 0.25) is 0 Å². The van der Waals surface area contributed by atoms with Crippen LogP contribution in [0.25, 0.3) is 0 Å². The second-order valence-corrected chi connectivity index (χ2v) is 4.71. The number of morpholine rings is 1. The maximum Gasteiger partial charge on any atom is 0.154 e. The fourth-order valence-corrected chi connectivity index (χ4v) is 2.10. The number of aromatic nitrogens is 3. The predicted molar refractivity (Wildman–Crippen MR) is 59.3 cm³/mol. The van der Waals surface area contributed by atoms with Gasteiger partial charge in [-0.3, -0.25) is 4.68 Å². The number of nitrogens with one attached hydrogen (secondary N) is 1. The van der Waals surface area contributed by atoms with Gasteiger partial charge >= 0.3 is 0 Å². The summed E-state index contributed by atoms with van der Waals surface area (Å²) in [5.74, 6) is 2.75. The quantitative estimate of drug-likeness (QED) is 0.795. The fraction of sp³-hybridized carbons (Fsp3) is 0.818. The molecule has 1 unspecified atom stereocenters. The Morgan fingerprint density at radius 1 is 1.50 bits per heavy atom. The Balaban J connectivity index is 1.68. The van der Waals surface area contributed by atoms with E-state index in [0.29, 0.717) is 12.0 Å². The first-order valence-corrected chi connectivity index (χ1v) is 6.04. The van der Waals surface area contributed by atoms with E-state index in [9.17, 15) is 0 Å². The summed E-state index contributed by atoms with van der Waals surface area (Å²) in [7, 11) is 1.98. The van der Waals surface area contributed by atoms with Crippen LogP contribution in [-0.2, 0) is 18.2 Å². The maximum atomic E-state index is 5.44. The Morgan fingerprint density at radius 2 is 2.38 bits per heavy atom. The van der Waals surface area contributed by atoms with Crippen molar-refractivity contribution in [3.8, 4) is 0 Å². The highest BCUT2D eigenvalue weighted by molar-refractivity contribution is 5.06. The summed E-state index contributed by atoms with van der Waals surface area (Å²) in [5, 5.41) is 7.92. The number of aryl methyl sites for hydroxylation is 1. The van der Waals surface area contributed by atoms with E-state index in [4.69, 9.17) is 4.74 Å². The van der Waals surface area contributed by atoms with Crippen molar-refractivity contribution in [1.29, 1.82) is 0 Å². The van der Waals surface area contributed by atoms with Crippen molar-refractivity contribution in [3.05, 3.63) is 11.6 Å². The van der Waals surface area contributed by atoms with Crippen molar-refractivity contribution in [2.24, 2.45) is 7.05 Å². The topological polar surface area (TPSA) is 52.0 Å². The summed E-state index contributed by atoms with van der Waals surface area (Å²) in [6.07, 6.45) is 3.43. The van der Waals surface area contributed by atoms with Crippen molar-refractivity contribution in [1.82, 2.24) is 20.1 Å². The highest BCUT2D eigenvalue weighted by Crippen LogP contribution is 2.38. The van der Waals surface area contributed by atoms with Gasteiger partial charge in [-0.25, -0.2) is 4.98 Å². The van der Waals surface area contributed by atoms with Gasteiger partial charge in [0, 0.05) is 32.0 Å². The van der Waals surface area contributed by atoms with E-state index in [-0.39, 0.29) is 0 Å². The number of rotatable bonds is 3. The molecule has 2 fully saturated rings. The molecule has 0 amide bonds. The third-order valence-electron chi connectivity index (χ3n) is 3.24. The van der Waals surface area contributed by atoms with E-state index in [2.05, 4.69) is 15.4 Å². The Morgan fingerprint density at radius 3 is 3.06 bits per heavy atom. The molecule has 5 nitrogen and oxygen atoms in total. The molecule has 1 saturated heterocycles. The van der Waals surface area contributed by atoms with Crippen LogP contribution in [0.2, 0.25) is 0 Å². The van der Waals surface area contributed by atoms with E-state index in [0.717, 1.165) is 37.8 Å². The zero-order valence-corrected chi connectivity index (χ0v) is 9.65. The minimum atomic E-state index is 0.392. The molecule has 0 radical (unpaired) electrons. The molecule has 2 heterocycles. The average molecular weight is 222 g/mol. The normalized spacial score (nSPS) is 25.9. The number of ether oxygens (including phenoxy) is 1. The lowest BCUT2D eigenvalue weighted by Crippen LogP contribution is -2.43. The monoisotopic (exact) mass is 222 g/mol. The molecule has 0 spiro atoms. The molecule has 1 aliphatic heterocycles. The molecule has 1 N–H and O–H groups in total. The van der Waals surface area contributed by atoms with Gasteiger partial charge in [-0.15, -0.1) is 0 Å². The van der Waals surface area contributed by atoms with E-state index < -0.39 is 0 Å². The number of hydrogen-bond acceptors (Lipinski definition) is 4. The molecular weight excluding hydrogens is 204 g/mol. The lowest BCUT2D eigenvalue weighted by molar-refractivity contribution is 0.0761. The minimum absolute atomic E-state index is 0.392. The highest BCUT2D eigenvalue weighted by atomic mass is 16.5. The summed E-state index contributed by atoms with van der Waals surface area (Å²) in [5.41, 5.74) is 0. The maximum absolute atomic E-state index is 5.44. The van der Waals surface area contributed by atoms with Crippen LogP contribution in [0.5, 0.6) is 0 Å². The van der Waals surface area contributed by atoms with E-state index in [1.807, 2.05) is 11.7 Å². The van der Waals surface area contributed by atoms with Gasteiger partial charge < -0.3 is 10.1 Å². The third-order valence-corrected chi connectivity index (χ3v) is 3.24. The third kappa shape index (κ3) is 2.10. The van der Waals surface area contributed by atoms with Crippen molar-refractivity contribution < 1.29 is 4.74 Å². The average Bonchev–Trinajstić information content (AvgIpc) is 3.07. The van der Waals surface area contributed by atoms with Crippen molar-refractivity contribution in [2.45, 2.75) is 31.2 Å². The zero-order chi connectivity index (χ0) is 11.0. The first-order chi connectivity index (χ1) is 7.83. The molecule has 1 atom stereocenters. The SMILES string of the molecule is Cn1nc(C2CC2)nc1CC1COCCN1. The van der Waals surface area contributed by atoms with E-state index in [1.165, 1.54) is 12.8 Å². The first-order valence-electron chi connectivity index (χ1n) is 6.04. The molecule has 1 aromatic heterocycles. The first kappa shape index (κ1) is 10.2. The Kier molecular flexibility index (Phi) is 2.65. The lowest BCUT2D eigenvalue weighted by Gasteiger charge is -2.23. The van der Waals surface area contributed by atoms with Crippen LogP contribution in [0.3, 0.4) is 0 Å². The molecule has 1 aliphatic carbocycles. The summed E-state index contributed by atoms with van der Waals surface area (Å²) >= 11 is 0. The van der Waals surface area contributed by atoms with Crippen LogP contribution < -0.4 is 5.32 Å². The molecule has 2 aliphatic rings. The molecule has 1 saturated carbocycles. The van der Waals surface area contributed by atoms with Crippen molar-refractivity contribution >= 4 is 0 Å². The van der Waals surface area contributed by atoms with Crippen LogP contribution >= 0.6 is 0 Å². The van der Waals surface area contributed by atoms with Crippen LogP contribution in [0.15, 0.2) is 0 Å². The van der Waals surface area contributed by atoms with E-state index in [1.54, 1.807) is 0 Å². The van der Waals surface area contributed by atoms with Gasteiger partial charge in [0.25, 0.3) is 0 Å². The molecule has 88 valence electrons. The Labute approximate surface area is 95.2 Å². The van der Waals surface area contributed by atoms with Gasteiger partial charge in [0.1, 0.15) is 5.82 Å². The molecule has 16 heavy (non-hydrogen) atoms. The highest BCUT2D eigenvalue weighted by Gasteiger charge is 2.29. The summed E-state index contributed by atoms with van der Waals surface area (Å²) in [6.45, 7) is 2.55. The molecule has 0 aromatic carbocycles. The van der Waals surface area contributed by atoms with Crippen LogP contribution in [0, 0.1) is 0 Å². The molecule has 1 aromatic rings. The van der Waals surface area contributed by atoms with Gasteiger partial charge in [0.05, 0.1) is 13.2 Å². The number of hydrogen-bond donors (Lipinski definition) is 1. The van der Waals surface area contributed by atoms with Gasteiger partial charge in [-0.1, -0.05) is 0 Å². The summed E-state index contributed by atoms with van der Waals surface area (Å²) in [4.78, 5) is 4.62. The summed E-state index contributed by atoms with van der Waals surface area (Å²) in [6, 6.07) is 0.392. The van der Waals surface area contributed by atoms with Crippen molar-refractivity contribution in [2.75, 3.05) is 19.8 Å². The predicted octanol–water partition coefficient (Wildman–Crippen LogP) is 0.223. The molecule has 5 heteroatoms. The fourth-order valence-electron chi connectivity index (χ4n) is 2.10. The second-order valence-electron chi connectivity index (χ2n) is 4.71. The van der Waals surface area contributed by atoms with Crippen LogP contribution in [0.4, 0.5) is 0 Å². The summed E-state index contributed by atoms with van der Waals surface area (Å²) < 4.78 is 7.36. The van der Waals surface area contributed by atoms with Gasteiger partial charge in [0.15, 0.2) is 5.82 Å². The Bertz CT molecular complexity index is 366. The number of nitrogens with zero attached hydrogens (tertiary/aromatic N) is 3. The van der Waals surface area contributed by atoms with Gasteiger partial charge in [-0.2, -0.15) is 5.10 Å². The Hall–Kier alpha value is -0.940. The van der Waals surface area contributed by atoms with Crippen LogP contribution in [0.1, 0.15) is 30.4 Å². The standard InChI is InChI=1S/C11H18N4O/c1-15-10(6-9-7-16-5-4-12-9)13-11(14-15)8-2-3-8/h8-9,12H,2-7H2,1H3.